The summed E-state index contributed by atoms with van der Waals surface area (Å²) in [7, 11) is 0. The first-order valence-corrected chi connectivity index (χ1v) is 9.51. The van der Waals surface area contributed by atoms with E-state index in [-0.39, 0.29) is 18.2 Å². The standard InChI is InChI=1S/C21H25N3O5/c1-3-12-23(13-4-2)21(26)16-6-5-7-17(14-16)22-20(25)15-29-19-10-8-18(9-11-19)24(27)28/h5-11,14H,3-4,12-13,15H2,1-2H3,(H,22,25). The fourth-order valence-electron chi connectivity index (χ4n) is 2.78. The second kappa shape index (κ2) is 10.8. The Morgan fingerprint density at radius 3 is 2.31 bits per heavy atom. The fraction of sp³-hybridized carbons (Fsp3) is 0.333. The largest absolute Gasteiger partial charge is 0.484 e. The van der Waals surface area contributed by atoms with Gasteiger partial charge >= 0.3 is 0 Å². The van der Waals surface area contributed by atoms with Crippen LogP contribution in [-0.4, -0.2) is 41.3 Å². The molecule has 2 aromatic carbocycles. The van der Waals surface area contributed by atoms with Gasteiger partial charge in [0.15, 0.2) is 6.61 Å². The molecule has 0 aromatic heterocycles. The van der Waals surface area contributed by atoms with Crippen molar-refractivity contribution in [3.05, 3.63) is 64.2 Å². The number of non-ortho nitro benzene ring substituents is 1. The number of carbonyl (C=O) groups excluding carboxylic acids is 2. The molecule has 0 aliphatic carbocycles. The predicted octanol–water partition coefficient (Wildman–Crippen LogP) is 3.87. The Labute approximate surface area is 169 Å². The summed E-state index contributed by atoms with van der Waals surface area (Å²) in [5, 5.41) is 13.3. The number of nitrogens with zero attached hydrogens (tertiary/aromatic N) is 2. The van der Waals surface area contributed by atoms with Gasteiger partial charge in [0.1, 0.15) is 5.75 Å². The van der Waals surface area contributed by atoms with Gasteiger partial charge in [0, 0.05) is 36.5 Å². The third-order valence-electron chi connectivity index (χ3n) is 4.09. The van der Waals surface area contributed by atoms with E-state index in [1.54, 1.807) is 29.2 Å². The number of nitro groups is 1. The van der Waals surface area contributed by atoms with Crippen molar-refractivity contribution in [3.8, 4) is 5.75 Å². The Morgan fingerprint density at radius 1 is 1.07 bits per heavy atom. The zero-order chi connectivity index (χ0) is 21.2. The number of carbonyl (C=O) groups is 2. The van der Waals surface area contributed by atoms with E-state index in [0.717, 1.165) is 12.8 Å². The van der Waals surface area contributed by atoms with E-state index in [2.05, 4.69) is 5.32 Å². The third kappa shape index (κ3) is 6.60. The molecule has 8 heteroatoms. The highest BCUT2D eigenvalue weighted by Gasteiger charge is 2.15. The molecule has 0 unspecified atom stereocenters. The van der Waals surface area contributed by atoms with Crippen LogP contribution >= 0.6 is 0 Å². The molecule has 2 aromatic rings. The second-order valence-electron chi connectivity index (χ2n) is 6.46. The normalized spacial score (nSPS) is 10.3. The number of benzene rings is 2. The van der Waals surface area contributed by atoms with Gasteiger partial charge in [0.2, 0.25) is 0 Å². The van der Waals surface area contributed by atoms with Crippen molar-refractivity contribution >= 4 is 23.2 Å². The van der Waals surface area contributed by atoms with Crippen LogP contribution in [0.3, 0.4) is 0 Å². The molecule has 0 atom stereocenters. The van der Waals surface area contributed by atoms with Gasteiger partial charge in [-0.2, -0.15) is 0 Å². The molecule has 154 valence electrons. The van der Waals surface area contributed by atoms with Crippen molar-refractivity contribution in [1.29, 1.82) is 0 Å². The lowest BCUT2D eigenvalue weighted by Gasteiger charge is -2.21. The highest BCUT2D eigenvalue weighted by molar-refractivity contribution is 5.97. The molecule has 0 saturated carbocycles. The van der Waals surface area contributed by atoms with Crippen LogP contribution in [0.1, 0.15) is 37.0 Å². The molecule has 29 heavy (non-hydrogen) atoms. The van der Waals surface area contributed by atoms with E-state index in [9.17, 15) is 19.7 Å². The summed E-state index contributed by atoms with van der Waals surface area (Å²) in [4.78, 5) is 36.8. The summed E-state index contributed by atoms with van der Waals surface area (Å²) in [6.45, 7) is 5.17. The number of nitro benzene ring substituents is 1. The minimum absolute atomic E-state index is 0.0523. The molecule has 0 bridgehead atoms. The molecule has 0 saturated heterocycles. The molecule has 8 nitrogen and oxygen atoms in total. The zero-order valence-corrected chi connectivity index (χ0v) is 16.6. The van der Waals surface area contributed by atoms with Crippen molar-refractivity contribution < 1.29 is 19.2 Å². The van der Waals surface area contributed by atoms with Crippen LogP contribution < -0.4 is 10.1 Å². The summed E-state index contributed by atoms with van der Waals surface area (Å²) in [6, 6.07) is 12.3. The fourth-order valence-corrected chi connectivity index (χ4v) is 2.78. The smallest absolute Gasteiger partial charge is 0.269 e. The third-order valence-corrected chi connectivity index (χ3v) is 4.09. The number of ether oxygens (including phenoxy) is 1. The van der Waals surface area contributed by atoms with Crippen molar-refractivity contribution in [2.75, 3.05) is 25.0 Å². The molecule has 0 radical (unpaired) electrons. The first-order valence-electron chi connectivity index (χ1n) is 9.51. The molecule has 0 heterocycles. The van der Waals surface area contributed by atoms with Crippen LogP contribution in [0.5, 0.6) is 5.75 Å². The van der Waals surface area contributed by atoms with Crippen molar-refractivity contribution in [1.82, 2.24) is 4.90 Å². The van der Waals surface area contributed by atoms with Gasteiger partial charge in [-0.15, -0.1) is 0 Å². The average Bonchev–Trinajstić information content (AvgIpc) is 2.72. The Bertz CT molecular complexity index is 846. The first kappa shape index (κ1) is 21.9. The Hall–Kier alpha value is -3.42. The molecule has 0 fully saturated rings. The van der Waals surface area contributed by atoms with Crippen LogP contribution in [0.2, 0.25) is 0 Å². The Balaban J connectivity index is 1.95. The maximum Gasteiger partial charge on any atom is 0.269 e. The zero-order valence-electron chi connectivity index (χ0n) is 16.6. The minimum atomic E-state index is -0.507. The van der Waals surface area contributed by atoms with Crippen molar-refractivity contribution in [3.63, 3.8) is 0 Å². The van der Waals surface area contributed by atoms with Crippen LogP contribution in [0.4, 0.5) is 11.4 Å². The van der Waals surface area contributed by atoms with Gasteiger partial charge in [0.25, 0.3) is 17.5 Å². The number of anilines is 1. The van der Waals surface area contributed by atoms with Crippen molar-refractivity contribution in [2.45, 2.75) is 26.7 Å². The molecule has 0 aliphatic rings. The van der Waals surface area contributed by atoms with Crippen LogP contribution in [0.15, 0.2) is 48.5 Å². The van der Waals surface area contributed by atoms with Gasteiger partial charge in [-0.25, -0.2) is 0 Å². The minimum Gasteiger partial charge on any atom is -0.484 e. The highest BCUT2D eigenvalue weighted by atomic mass is 16.6. The number of hydrogen-bond donors (Lipinski definition) is 1. The molecule has 2 amide bonds. The van der Waals surface area contributed by atoms with Gasteiger partial charge in [-0.05, 0) is 43.2 Å². The summed E-state index contributed by atoms with van der Waals surface area (Å²) in [5.41, 5.74) is 0.963. The summed E-state index contributed by atoms with van der Waals surface area (Å²) < 4.78 is 5.34. The molecule has 0 spiro atoms. The topological polar surface area (TPSA) is 102 Å². The molecule has 0 aliphatic heterocycles. The van der Waals surface area contributed by atoms with E-state index in [0.29, 0.717) is 30.1 Å². The monoisotopic (exact) mass is 399 g/mol. The number of nitrogens with one attached hydrogen (secondary N) is 1. The average molecular weight is 399 g/mol. The van der Waals surface area contributed by atoms with Crippen LogP contribution in [0, 0.1) is 10.1 Å². The van der Waals surface area contributed by atoms with Crippen molar-refractivity contribution in [2.24, 2.45) is 0 Å². The molecule has 2 rings (SSSR count). The summed E-state index contributed by atoms with van der Waals surface area (Å²) in [6.07, 6.45) is 1.75. The maximum atomic E-state index is 12.7. The van der Waals surface area contributed by atoms with E-state index in [4.69, 9.17) is 4.74 Å². The summed E-state index contributed by atoms with van der Waals surface area (Å²) >= 11 is 0. The summed E-state index contributed by atoms with van der Waals surface area (Å²) in [5.74, 6) is -0.108. The number of rotatable bonds is 10. The predicted molar refractivity (Wildman–Crippen MR) is 110 cm³/mol. The maximum absolute atomic E-state index is 12.7. The lowest BCUT2D eigenvalue weighted by atomic mass is 10.1. The van der Waals surface area contributed by atoms with E-state index in [1.807, 2.05) is 13.8 Å². The molecule has 1 N–H and O–H groups in total. The van der Waals surface area contributed by atoms with E-state index in [1.165, 1.54) is 24.3 Å². The second-order valence-corrected chi connectivity index (χ2v) is 6.46. The molecular weight excluding hydrogens is 374 g/mol. The number of amides is 2. The number of hydrogen-bond acceptors (Lipinski definition) is 5. The lowest BCUT2D eigenvalue weighted by Crippen LogP contribution is -2.32. The Morgan fingerprint density at radius 2 is 1.72 bits per heavy atom. The lowest BCUT2D eigenvalue weighted by molar-refractivity contribution is -0.384. The van der Waals surface area contributed by atoms with Gasteiger partial charge in [-0.1, -0.05) is 19.9 Å². The SMILES string of the molecule is CCCN(CCC)C(=O)c1cccc(NC(=O)COc2ccc([N+](=O)[O-])cc2)c1. The quantitative estimate of drug-likeness (QED) is 0.483. The Kier molecular flexibility index (Phi) is 8.14. The first-order chi connectivity index (χ1) is 13.9. The molecular formula is C21H25N3O5. The van der Waals surface area contributed by atoms with Gasteiger partial charge in [-0.3, -0.25) is 19.7 Å². The van der Waals surface area contributed by atoms with E-state index >= 15 is 0 Å². The van der Waals surface area contributed by atoms with Gasteiger partial charge < -0.3 is 15.0 Å². The van der Waals surface area contributed by atoms with E-state index < -0.39 is 10.8 Å². The highest BCUT2D eigenvalue weighted by Crippen LogP contribution is 2.18. The van der Waals surface area contributed by atoms with Crippen LogP contribution in [-0.2, 0) is 4.79 Å². The van der Waals surface area contributed by atoms with Gasteiger partial charge in [0.05, 0.1) is 4.92 Å². The van der Waals surface area contributed by atoms with Crippen LogP contribution in [0.25, 0.3) is 0 Å².